The van der Waals surface area contributed by atoms with Crippen molar-refractivity contribution >= 4 is 11.6 Å². The number of hydrogen-bond acceptors (Lipinski definition) is 2. The van der Waals surface area contributed by atoms with Gasteiger partial charge >= 0.3 is 0 Å². The van der Waals surface area contributed by atoms with Crippen molar-refractivity contribution in [1.29, 1.82) is 0 Å². The molecule has 4 heteroatoms. The molecule has 0 bridgehead atoms. The standard InChI is InChI=1S/C13H19ClFNO/c1-13(2,17-3)8-10(16)7-9-5-4-6-11(14)12(9)15/h4-6,10H,7-8,16H2,1-3H3. The van der Waals surface area contributed by atoms with Gasteiger partial charge in [-0.05, 0) is 38.3 Å². The largest absolute Gasteiger partial charge is 0.379 e. The van der Waals surface area contributed by atoms with Crippen LogP contribution in [0.25, 0.3) is 0 Å². The van der Waals surface area contributed by atoms with Crippen molar-refractivity contribution in [3.63, 3.8) is 0 Å². The summed E-state index contributed by atoms with van der Waals surface area (Å²) in [6, 6.07) is 4.82. The Morgan fingerprint density at radius 2 is 2.12 bits per heavy atom. The summed E-state index contributed by atoms with van der Waals surface area (Å²) in [6.07, 6.45) is 1.12. The molecule has 2 nitrogen and oxygen atoms in total. The van der Waals surface area contributed by atoms with Crippen molar-refractivity contribution in [2.45, 2.75) is 38.3 Å². The van der Waals surface area contributed by atoms with Crippen LogP contribution in [0.4, 0.5) is 4.39 Å². The second-order valence-electron chi connectivity index (χ2n) is 4.85. The molecule has 0 radical (unpaired) electrons. The Morgan fingerprint density at radius 3 is 2.71 bits per heavy atom. The summed E-state index contributed by atoms with van der Waals surface area (Å²) in [4.78, 5) is 0. The van der Waals surface area contributed by atoms with Crippen LogP contribution in [0.2, 0.25) is 5.02 Å². The number of rotatable bonds is 5. The van der Waals surface area contributed by atoms with E-state index in [4.69, 9.17) is 22.1 Å². The van der Waals surface area contributed by atoms with E-state index in [1.807, 2.05) is 13.8 Å². The van der Waals surface area contributed by atoms with Crippen LogP contribution >= 0.6 is 11.6 Å². The molecule has 0 amide bonds. The molecule has 0 aromatic heterocycles. The van der Waals surface area contributed by atoms with Gasteiger partial charge in [0.05, 0.1) is 10.6 Å². The van der Waals surface area contributed by atoms with Crippen LogP contribution in [-0.4, -0.2) is 18.8 Å². The number of nitrogens with two attached hydrogens (primary N) is 1. The molecule has 1 aromatic carbocycles. The second kappa shape index (κ2) is 5.80. The van der Waals surface area contributed by atoms with Gasteiger partial charge in [-0.3, -0.25) is 0 Å². The summed E-state index contributed by atoms with van der Waals surface area (Å²) in [5, 5.41) is 0.140. The van der Waals surface area contributed by atoms with Crippen LogP contribution in [-0.2, 0) is 11.2 Å². The molecule has 1 rings (SSSR count). The Morgan fingerprint density at radius 1 is 1.47 bits per heavy atom. The molecule has 0 aliphatic carbocycles. The van der Waals surface area contributed by atoms with Crippen LogP contribution in [0.3, 0.4) is 0 Å². The van der Waals surface area contributed by atoms with E-state index in [2.05, 4.69) is 0 Å². The van der Waals surface area contributed by atoms with Gasteiger partial charge in [-0.25, -0.2) is 4.39 Å². The van der Waals surface area contributed by atoms with E-state index in [0.717, 1.165) is 0 Å². The Bertz CT molecular complexity index is 382. The van der Waals surface area contributed by atoms with E-state index in [-0.39, 0.29) is 22.5 Å². The predicted molar refractivity (Wildman–Crippen MR) is 68.8 cm³/mol. The zero-order valence-corrected chi connectivity index (χ0v) is 11.2. The smallest absolute Gasteiger partial charge is 0.145 e. The third-order valence-electron chi connectivity index (χ3n) is 2.82. The van der Waals surface area contributed by atoms with Crippen molar-refractivity contribution < 1.29 is 9.13 Å². The van der Waals surface area contributed by atoms with E-state index in [0.29, 0.717) is 18.4 Å². The first-order chi connectivity index (χ1) is 7.85. The van der Waals surface area contributed by atoms with Crippen LogP contribution in [0.5, 0.6) is 0 Å². The third-order valence-corrected chi connectivity index (χ3v) is 3.11. The SMILES string of the molecule is COC(C)(C)CC(N)Cc1cccc(Cl)c1F. The van der Waals surface area contributed by atoms with E-state index < -0.39 is 0 Å². The van der Waals surface area contributed by atoms with E-state index >= 15 is 0 Å². The maximum absolute atomic E-state index is 13.7. The molecule has 1 unspecified atom stereocenters. The Balaban J connectivity index is 2.68. The highest BCUT2D eigenvalue weighted by Crippen LogP contribution is 2.21. The fraction of sp³-hybridized carbons (Fsp3) is 0.538. The first kappa shape index (κ1) is 14.4. The number of methoxy groups -OCH3 is 1. The topological polar surface area (TPSA) is 35.2 Å². The molecule has 0 saturated heterocycles. The van der Waals surface area contributed by atoms with Crippen LogP contribution in [0.1, 0.15) is 25.8 Å². The maximum atomic E-state index is 13.7. The Labute approximate surface area is 107 Å². The Hall–Kier alpha value is -0.640. The molecule has 17 heavy (non-hydrogen) atoms. The number of halogens is 2. The van der Waals surface area contributed by atoms with Gasteiger partial charge in [0.2, 0.25) is 0 Å². The summed E-state index contributed by atoms with van der Waals surface area (Å²) in [5.74, 6) is -0.375. The molecular weight excluding hydrogens is 241 g/mol. The van der Waals surface area contributed by atoms with Gasteiger partial charge < -0.3 is 10.5 Å². The Kier molecular flexibility index (Phi) is 4.92. The van der Waals surface area contributed by atoms with E-state index in [9.17, 15) is 4.39 Å². The van der Waals surface area contributed by atoms with Gasteiger partial charge in [-0.15, -0.1) is 0 Å². The van der Waals surface area contributed by atoms with Crippen LogP contribution in [0, 0.1) is 5.82 Å². The molecule has 2 N–H and O–H groups in total. The first-order valence-electron chi connectivity index (χ1n) is 5.59. The molecule has 0 aliphatic rings. The fourth-order valence-corrected chi connectivity index (χ4v) is 1.97. The molecular formula is C13H19ClFNO. The molecule has 0 heterocycles. The monoisotopic (exact) mass is 259 g/mol. The number of hydrogen-bond donors (Lipinski definition) is 1. The number of benzene rings is 1. The highest BCUT2D eigenvalue weighted by atomic mass is 35.5. The molecule has 96 valence electrons. The van der Waals surface area contributed by atoms with E-state index in [1.54, 1.807) is 19.2 Å². The van der Waals surface area contributed by atoms with Crippen molar-refractivity contribution in [2.75, 3.05) is 7.11 Å². The van der Waals surface area contributed by atoms with Gasteiger partial charge in [-0.2, -0.15) is 0 Å². The van der Waals surface area contributed by atoms with Crippen molar-refractivity contribution in [2.24, 2.45) is 5.73 Å². The summed E-state index contributed by atoms with van der Waals surface area (Å²) in [6.45, 7) is 3.92. The minimum Gasteiger partial charge on any atom is -0.379 e. The van der Waals surface area contributed by atoms with Gasteiger partial charge in [0.1, 0.15) is 5.82 Å². The first-order valence-corrected chi connectivity index (χ1v) is 5.97. The predicted octanol–water partition coefficient (Wildman–Crippen LogP) is 3.16. The van der Waals surface area contributed by atoms with Gasteiger partial charge in [-0.1, -0.05) is 23.7 Å². The lowest BCUT2D eigenvalue weighted by molar-refractivity contribution is 0.0101. The van der Waals surface area contributed by atoms with Crippen LogP contribution in [0.15, 0.2) is 18.2 Å². The van der Waals surface area contributed by atoms with Crippen molar-refractivity contribution in [1.82, 2.24) is 0 Å². The molecule has 0 aliphatic heterocycles. The van der Waals surface area contributed by atoms with Gasteiger partial charge in [0.15, 0.2) is 0 Å². The molecule has 1 atom stereocenters. The third kappa shape index (κ3) is 4.26. The zero-order chi connectivity index (χ0) is 13.1. The minimum absolute atomic E-state index is 0.140. The summed E-state index contributed by atoms with van der Waals surface area (Å²) < 4.78 is 19.0. The molecule has 0 fully saturated rings. The highest BCUT2D eigenvalue weighted by Gasteiger charge is 2.21. The normalized spacial score (nSPS) is 13.8. The van der Waals surface area contributed by atoms with Gasteiger partial charge in [0, 0.05) is 13.2 Å². The maximum Gasteiger partial charge on any atom is 0.145 e. The fourth-order valence-electron chi connectivity index (χ4n) is 1.78. The molecule has 0 saturated carbocycles. The zero-order valence-electron chi connectivity index (χ0n) is 10.5. The lowest BCUT2D eigenvalue weighted by Gasteiger charge is -2.26. The number of ether oxygens (including phenoxy) is 1. The second-order valence-corrected chi connectivity index (χ2v) is 5.25. The molecule has 1 aromatic rings. The lowest BCUT2D eigenvalue weighted by atomic mass is 9.94. The average molecular weight is 260 g/mol. The lowest BCUT2D eigenvalue weighted by Crippen LogP contribution is -2.35. The van der Waals surface area contributed by atoms with Gasteiger partial charge in [0.25, 0.3) is 0 Å². The van der Waals surface area contributed by atoms with E-state index in [1.165, 1.54) is 6.07 Å². The van der Waals surface area contributed by atoms with Crippen molar-refractivity contribution in [3.8, 4) is 0 Å². The van der Waals surface area contributed by atoms with Crippen molar-refractivity contribution in [3.05, 3.63) is 34.6 Å². The summed E-state index contributed by atoms with van der Waals surface area (Å²) in [5.41, 5.74) is 6.25. The average Bonchev–Trinajstić information content (AvgIpc) is 2.24. The highest BCUT2D eigenvalue weighted by molar-refractivity contribution is 6.30. The minimum atomic E-state index is -0.375. The summed E-state index contributed by atoms with van der Waals surface area (Å²) >= 11 is 5.72. The quantitative estimate of drug-likeness (QED) is 0.882. The van der Waals surface area contributed by atoms with Crippen LogP contribution < -0.4 is 5.73 Å². The molecule has 0 spiro atoms. The summed E-state index contributed by atoms with van der Waals surface area (Å²) in [7, 11) is 1.65.